The van der Waals surface area contributed by atoms with Crippen LogP contribution in [0.3, 0.4) is 0 Å². The molecule has 0 spiro atoms. The average molecular weight is 456 g/mol. The van der Waals surface area contributed by atoms with E-state index in [1.54, 1.807) is 0 Å². The molecule has 0 saturated heterocycles. The molecule has 0 amide bonds. The predicted molar refractivity (Wildman–Crippen MR) is 105 cm³/mol. The van der Waals surface area contributed by atoms with Crippen LogP contribution < -0.4 is 0 Å². The zero-order chi connectivity index (χ0) is 19.8. The first-order valence-electron chi connectivity index (χ1n) is 9.58. The Balaban J connectivity index is -0.000000147. The Hall–Kier alpha value is 0.327. The summed E-state index contributed by atoms with van der Waals surface area (Å²) in [6.07, 6.45) is 0. The van der Waals surface area contributed by atoms with Gasteiger partial charge in [0.15, 0.2) is 0 Å². The second-order valence-electron chi connectivity index (χ2n) is 8.59. The van der Waals surface area contributed by atoms with Crippen LogP contribution in [0, 0.1) is 59.2 Å². The van der Waals surface area contributed by atoms with E-state index in [-0.39, 0.29) is 33.0 Å². The monoisotopic (exact) mass is 454 g/mol. The van der Waals surface area contributed by atoms with Crippen LogP contribution in [0.15, 0.2) is 0 Å². The summed E-state index contributed by atoms with van der Waals surface area (Å²) in [6.45, 7) is 30.5. The van der Waals surface area contributed by atoms with Crippen molar-refractivity contribution >= 4 is 13.6 Å². The number of rotatable bonds is 0. The molecule has 0 heterocycles. The molecule has 0 atom stereocenters. The molecule has 2 rings (SSSR count). The Labute approximate surface area is 184 Å². The molecule has 0 unspecified atom stereocenters. The minimum absolute atomic E-state index is 0. The van der Waals surface area contributed by atoms with Crippen LogP contribution in [0.5, 0.6) is 0 Å². The molecule has 0 bridgehead atoms. The molecule has 26 heavy (non-hydrogen) atoms. The van der Waals surface area contributed by atoms with E-state index in [0.717, 1.165) is 59.2 Å². The minimum Gasteiger partial charge on any atom is -0.545 e. The smallest absolute Gasteiger partial charge is 0.545 e. The van der Waals surface area contributed by atoms with E-state index >= 15 is 0 Å². The number of carbonyl (C=O) groups excluding carboxylic acids is 2. The summed E-state index contributed by atoms with van der Waals surface area (Å²) in [5, 5.41) is 0. The molecule has 2 aliphatic rings. The van der Waals surface area contributed by atoms with Gasteiger partial charge >= 0.3 is 16.5 Å². The second kappa shape index (κ2) is 16.3. The first-order chi connectivity index (χ1) is 11.1. The van der Waals surface area contributed by atoms with Gasteiger partial charge in [-0.15, -0.1) is 0 Å². The van der Waals surface area contributed by atoms with Crippen molar-refractivity contribution in [3.63, 3.8) is 0 Å². The Morgan fingerprint density at radius 1 is 0.346 bits per heavy atom. The van der Waals surface area contributed by atoms with Gasteiger partial charge in [0.2, 0.25) is 0 Å². The van der Waals surface area contributed by atoms with Gasteiger partial charge in [0.1, 0.15) is 0 Å². The van der Waals surface area contributed by atoms with Crippen molar-refractivity contribution in [3.05, 3.63) is 0 Å². The molecule has 4 heteroatoms. The molecule has 2 fully saturated rings. The van der Waals surface area contributed by atoms with E-state index < -0.39 is 0 Å². The first kappa shape index (κ1) is 33.9. The summed E-state index contributed by atoms with van der Waals surface area (Å²) in [6, 6.07) is 0. The molecule has 2 aliphatic carbocycles. The van der Waals surface area contributed by atoms with Crippen molar-refractivity contribution < 1.29 is 42.6 Å². The number of hydrogen-bond donors (Lipinski definition) is 0. The zero-order valence-electron chi connectivity index (χ0n) is 18.4. The largest absolute Gasteiger partial charge is 2.00 e. The first-order valence-corrected chi connectivity index (χ1v) is 9.58. The molecule has 0 radical (unpaired) electrons. The standard InChI is InChI=1S/2C10H20.2CHO.2Ni/c2*1-6-7(2)9(4)10(5)8(6)3;2*1-2;;/h2*6-10H,1-5H3;2*1H;;/q;;2*-1;;+2. The maximum absolute atomic E-state index is 7.75. The molecule has 0 N–H and O–H groups in total. The van der Waals surface area contributed by atoms with E-state index in [0.29, 0.717) is 0 Å². The zero-order valence-corrected chi connectivity index (χ0v) is 20.4. The van der Waals surface area contributed by atoms with E-state index in [1.165, 1.54) is 0 Å². The van der Waals surface area contributed by atoms with Gasteiger partial charge in [0.25, 0.3) is 0 Å². The van der Waals surface area contributed by atoms with E-state index in [2.05, 4.69) is 82.8 Å². The van der Waals surface area contributed by atoms with Gasteiger partial charge in [0.05, 0.1) is 0 Å². The molecular formula is C22H42Ni2O2. The van der Waals surface area contributed by atoms with Crippen LogP contribution in [-0.4, -0.2) is 13.6 Å². The molecule has 0 aromatic carbocycles. The van der Waals surface area contributed by atoms with E-state index in [9.17, 15) is 0 Å². The summed E-state index contributed by atoms with van der Waals surface area (Å²) in [5.41, 5.74) is 0. The Bertz CT molecular complexity index is 218. The third-order valence-corrected chi connectivity index (χ3v) is 8.29. The molecule has 2 saturated carbocycles. The molecule has 162 valence electrons. The van der Waals surface area contributed by atoms with E-state index in [4.69, 9.17) is 9.59 Å². The van der Waals surface area contributed by atoms with Crippen molar-refractivity contribution in [2.24, 2.45) is 59.2 Å². The van der Waals surface area contributed by atoms with Crippen LogP contribution >= 0.6 is 0 Å². The fraction of sp³-hybridized carbons (Fsp3) is 0.909. The van der Waals surface area contributed by atoms with Gasteiger partial charge in [0, 0.05) is 16.5 Å². The maximum Gasteiger partial charge on any atom is 2.00 e. The van der Waals surface area contributed by atoms with Crippen molar-refractivity contribution in [3.8, 4) is 0 Å². The molecular weight excluding hydrogens is 414 g/mol. The van der Waals surface area contributed by atoms with Crippen LogP contribution in [0.4, 0.5) is 0 Å². The topological polar surface area (TPSA) is 34.1 Å². The quantitative estimate of drug-likeness (QED) is 0.262. The Kier molecular flexibility index (Phi) is 21.2. The number of hydrogen-bond acceptors (Lipinski definition) is 2. The van der Waals surface area contributed by atoms with Gasteiger partial charge in [-0.1, -0.05) is 69.2 Å². The van der Waals surface area contributed by atoms with Gasteiger partial charge < -0.3 is 9.59 Å². The Morgan fingerprint density at radius 2 is 0.385 bits per heavy atom. The molecule has 0 aromatic heterocycles. The molecule has 2 nitrogen and oxygen atoms in total. The van der Waals surface area contributed by atoms with Crippen LogP contribution in [0.2, 0.25) is 0 Å². The van der Waals surface area contributed by atoms with Crippen molar-refractivity contribution in [2.75, 3.05) is 0 Å². The van der Waals surface area contributed by atoms with Crippen LogP contribution in [0.25, 0.3) is 0 Å². The fourth-order valence-electron chi connectivity index (χ4n) is 4.79. The summed E-state index contributed by atoms with van der Waals surface area (Å²) in [7, 11) is 0. The van der Waals surface area contributed by atoms with Gasteiger partial charge in [-0.25, -0.2) is 0 Å². The van der Waals surface area contributed by atoms with Crippen molar-refractivity contribution in [2.45, 2.75) is 69.2 Å². The molecule has 0 aromatic rings. The summed E-state index contributed by atoms with van der Waals surface area (Å²) < 4.78 is 0. The third kappa shape index (κ3) is 8.14. The van der Waals surface area contributed by atoms with Gasteiger partial charge in [-0.2, -0.15) is 0 Å². The van der Waals surface area contributed by atoms with Crippen molar-refractivity contribution in [1.82, 2.24) is 0 Å². The maximum atomic E-state index is 7.75. The summed E-state index contributed by atoms with van der Waals surface area (Å²) in [4.78, 5) is 15.5. The predicted octanol–water partition coefficient (Wildman–Crippen LogP) is 5.81. The summed E-state index contributed by atoms with van der Waals surface area (Å²) in [5.74, 6) is 9.35. The third-order valence-electron chi connectivity index (χ3n) is 8.29. The van der Waals surface area contributed by atoms with Gasteiger partial charge in [-0.05, 0) is 59.2 Å². The van der Waals surface area contributed by atoms with Crippen LogP contribution in [-0.2, 0) is 42.6 Å². The van der Waals surface area contributed by atoms with Crippen LogP contribution in [0.1, 0.15) is 69.2 Å². The fourth-order valence-corrected chi connectivity index (χ4v) is 4.79. The van der Waals surface area contributed by atoms with Crippen molar-refractivity contribution in [1.29, 1.82) is 0 Å². The Morgan fingerprint density at radius 3 is 0.423 bits per heavy atom. The minimum atomic E-state index is 0. The summed E-state index contributed by atoms with van der Waals surface area (Å²) >= 11 is 0. The normalized spacial score (nSPS) is 43.0. The SMILES string of the molecule is CC1C(C)C(C)C(C)C1C.CC1C(C)C(C)C(C)C1C.[CH-]=O.[CH-]=O.[Ni+2].[Ni]. The molecule has 0 aliphatic heterocycles. The second-order valence-corrected chi connectivity index (χ2v) is 8.59. The average Bonchev–Trinajstić information content (AvgIpc) is 2.89. The van der Waals surface area contributed by atoms with Gasteiger partial charge in [-0.3, -0.25) is 13.6 Å². The van der Waals surface area contributed by atoms with E-state index in [1.807, 2.05) is 0 Å².